The standard InChI is InChI=1S/C8H12F2NP/c1-7(3-5-12)2-4-11-6-8(9)10/h2,4,6,8H,1,3,5,12H2/b4-2-,11-6+. The van der Waals surface area contributed by atoms with E-state index in [1.165, 1.54) is 6.20 Å². The molecule has 0 amide bonds. The zero-order valence-electron chi connectivity index (χ0n) is 6.71. The lowest BCUT2D eigenvalue weighted by atomic mass is 10.2. The van der Waals surface area contributed by atoms with Crippen LogP contribution in [0.15, 0.2) is 29.4 Å². The Morgan fingerprint density at radius 1 is 1.58 bits per heavy atom. The van der Waals surface area contributed by atoms with Crippen molar-refractivity contribution in [2.75, 3.05) is 6.16 Å². The lowest BCUT2D eigenvalue weighted by molar-refractivity contribution is 0.231. The fourth-order valence-corrected chi connectivity index (χ4v) is 0.903. The Bertz CT molecular complexity index is 187. The van der Waals surface area contributed by atoms with Gasteiger partial charge in [-0.05, 0) is 18.7 Å². The normalized spacial score (nSPS) is 12.0. The Kier molecular flexibility index (Phi) is 6.78. The highest BCUT2D eigenvalue weighted by Gasteiger charge is 1.91. The van der Waals surface area contributed by atoms with E-state index in [2.05, 4.69) is 20.8 Å². The summed E-state index contributed by atoms with van der Waals surface area (Å²) in [4.78, 5) is 3.37. The third-order valence-corrected chi connectivity index (χ3v) is 1.35. The molecule has 0 aromatic carbocycles. The molecule has 0 saturated heterocycles. The average molecular weight is 191 g/mol. The summed E-state index contributed by atoms with van der Waals surface area (Å²) in [6, 6.07) is 0. The van der Waals surface area contributed by atoms with Gasteiger partial charge in [-0.3, -0.25) is 4.99 Å². The molecule has 12 heavy (non-hydrogen) atoms. The van der Waals surface area contributed by atoms with Gasteiger partial charge in [-0.1, -0.05) is 12.2 Å². The van der Waals surface area contributed by atoms with Crippen molar-refractivity contribution >= 4 is 15.5 Å². The third-order valence-electron chi connectivity index (χ3n) is 1.06. The molecule has 0 aliphatic carbocycles. The van der Waals surface area contributed by atoms with Gasteiger partial charge in [0.05, 0.1) is 6.21 Å². The summed E-state index contributed by atoms with van der Waals surface area (Å²) >= 11 is 0. The highest BCUT2D eigenvalue weighted by Crippen LogP contribution is 2.02. The molecule has 0 N–H and O–H groups in total. The number of hydrogen-bond acceptors (Lipinski definition) is 1. The van der Waals surface area contributed by atoms with Crippen LogP contribution >= 0.6 is 9.24 Å². The van der Waals surface area contributed by atoms with Gasteiger partial charge in [0.1, 0.15) is 0 Å². The van der Waals surface area contributed by atoms with Crippen LogP contribution in [0.5, 0.6) is 0 Å². The first kappa shape index (κ1) is 11.4. The van der Waals surface area contributed by atoms with E-state index in [0.29, 0.717) is 6.21 Å². The van der Waals surface area contributed by atoms with Crippen LogP contribution in [0.1, 0.15) is 6.42 Å². The molecule has 68 valence electrons. The number of aliphatic imine (C=N–C) groups is 1. The lowest BCUT2D eigenvalue weighted by Gasteiger charge is -1.92. The minimum Gasteiger partial charge on any atom is -0.263 e. The van der Waals surface area contributed by atoms with Crippen molar-refractivity contribution in [3.8, 4) is 0 Å². The van der Waals surface area contributed by atoms with Crippen LogP contribution in [0.4, 0.5) is 8.78 Å². The highest BCUT2D eigenvalue weighted by molar-refractivity contribution is 7.16. The van der Waals surface area contributed by atoms with E-state index in [4.69, 9.17) is 0 Å². The first-order valence-electron chi connectivity index (χ1n) is 3.52. The number of nitrogens with zero attached hydrogens (tertiary/aromatic N) is 1. The minimum atomic E-state index is -2.48. The van der Waals surface area contributed by atoms with Crippen LogP contribution in [0, 0.1) is 0 Å². The van der Waals surface area contributed by atoms with E-state index >= 15 is 0 Å². The second kappa shape index (κ2) is 7.11. The van der Waals surface area contributed by atoms with Gasteiger partial charge in [0.25, 0.3) is 6.43 Å². The number of rotatable bonds is 5. The van der Waals surface area contributed by atoms with Gasteiger partial charge in [0.2, 0.25) is 0 Å². The fourth-order valence-electron chi connectivity index (χ4n) is 0.532. The van der Waals surface area contributed by atoms with Crippen LogP contribution in [0.2, 0.25) is 0 Å². The minimum absolute atomic E-state index is 0.588. The van der Waals surface area contributed by atoms with Gasteiger partial charge in [-0.25, -0.2) is 8.78 Å². The van der Waals surface area contributed by atoms with Gasteiger partial charge in [-0.15, -0.1) is 9.24 Å². The van der Waals surface area contributed by atoms with E-state index < -0.39 is 6.43 Å². The van der Waals surface area contributed by atoms with Crippen molar-refractivity contribution in [2.45, 2.75) is 12.8 Å². The van der Waals surface area contributed by atoms with Crippen molar-refractivity contribution < 1.29 is 8.78 Å². The number of allylic oxidation sites excluding steroid dienone is 2. The molecule has 1 nitrogen and oxygen atoms in total. The fraction of sp³-hybridized carbons (Fsp3) is 0.375. The van der Waals surface area contributed by atoms with Crippen LogP contribution in [0.25, 0.3) is 0 Å². The van der Waals surface area contributed by atoms with Crippen LogP contribution < -0.4 is 0 Å². The van der Waals surface area contributed by atoms with Gasteiger partial charge < -0.3 is 0 Å². The molecular formula is C8H12F2NP. The van der Waals surface area contributed by atoms with Crippen molar-refractivity contribution in [2.24, 2.45) is 4.99 Å². The van der Waals surface area contributed by atoms with Gasteiger partial charge in [0.15, 0.2) is 0 Å². The Hall–Kier alpha value is -0.560. The van der Waals surface area contributed by atoms with E-state index in [1.807, 2.05) is 0 Å². The zero-order chi connectivity index (χ0) is 9.40. The predicted octanol–water partition coefficient (Wildman–Crippen LogP) is 2.66. The molecule has 0 aromatic heterocycles. The first-order chi connectivity index (χ1) is 5.66. The van der Waals surface area contributed by atoms with Gasteiger partial charge >= 0.3 is 0 Å². The molecule has 0 fully saturated rings. The number of alkyl halides is 2. The molecular weight excluding hydrogens is 179 g/mol. The summed E-state index contributed by atoms with van der Waals surface area (Å²) in [5.74, 6) is 0. The maximum Gasteiger partial charge on any atom is 0.273 e. The SMILES string of the molecule is C=C(/C=C\N=C\C(F)F)CCP. The largest absolute Gasteiger partial charge is 0.273 e. The second-order valence-corrected chi connectivity index (χ2v) is 2.72. The highest BCUT2D eigenvalue weighted by atomic mass is 31.0. The molecule has 0 bridgehead atoms. The smallest absolute Gasteiger partial charge is 0.263 e. The quantitative estimate of drug-likeness (QED) is 0.360. The van der Waals surface area contributed by atoms with Crippen LogP contribution in [-0.4, -0.2) is 18.8 Å². The molecule has 0 saturated carbocycles. The molecule has 1 atom stereocenters. The lowest BCUT2D eigenvalue weighted by Crippen LogP contribution is -1.88. The monoisotopic (exact) mass is 191 g/mol. The van der Waals surface area contributed by atoms with Crippen molar-refractivity contribution in [1.29, 1.82) is 0 Å². The molecule has 0 radical (unpaired) electrons. The Labute approximate surface area is 73.5 Å². The molecule has 0 spiro atoms. The summed E-state index contributed by atoms with van der Waals surface area (Å²) < 4.78 is 23.0. The summed E-state index contributed by atoms with van der Waals surface area (Å²) in [5, 5.41) is 0. The van der Waals surface area contributed by atoms with Crippen molar-refractivity contribution in [3.05, 3.63) is 24.4 Å². The number of halogens is 2. The first-order valence-corrected chi connectivity index (χ1v) is 4.34. The van der Waals surface area contributed by atoms with E-state index in [1.54, 1.807) is 6.08 Å². The van der Waals surface area contributed by atoms with Gasteiger partial charge in [0, 0.05) is 6.20 Å². The molecule has 0 aliphatic rings. The van der Waals surface area contributed by atoms with E-state index in [0.717, 1.165) is 18.2 Å². The van der Waals surface area contributed by atoms with Gasteiger partial charge in [-0.2, -0.15) is 0 Å². The number of hydrogen-bond donors (Lipinski definition) is 0. The summed E-state index contributed by atoms with van der Waals surface area (Å²) in [6.45, 7) is 3.70. The van der Waals surface area contributed by atoms with Crippen LogP contribution in [-0.2, 0) is 0 Å². The van der Waals surface area contributed by atoms with Crippen molar-refractivity contribution in [1.82, 2.24) is 0 Å². The molecule has 0 heterocycles. The maximum absolute atomic E-state index is 11.5. The Morgan fingerprint density at radius 3 is 2.75 bits per heavy atom. The second-order valence-electron chi connectivity index (χ2n) is 2.15. The zero-order valence-corrected chi connectivity index (χ0v) is 7.87. The average Bonchev–Trinajstić information content (AvgIpc) is 1.98. The molecule has 4 heteroatoms. The van der Waals surface area contributed by atoms with Crippen LogP contribution in [0.3, 0.4) is 0 Å². The Morgan fingerprint density at radius 2 is 2.25 bits per heavy atom. The molecule has 1 unspecified atom stereocenters. The summed E-state index contributed by atoms with van der Waals surface area (Å²) in [7, 11) is 2.56. The van der Waals surface area contributed by atoms with Crippen molar-refractivity contribution in [3.63, 3.8) is 0 Å². The van der Waals surface area contributed by atoms with E-state index in [9.17, 15) is 8.78 Å². The third kappa shape index (κ3) is 7.55. The molecule has 0 aromatic rings. The summed E-state index contributed by atoms with van der Waals surface area (Å²) in [5.41, 5.74) is 0.886. The summed E-state index contributed by atoms with van der Waals surface area (Å²) in [6.07, 6.45) is 2.82. The molecule has 0 aliphatic heterocycles. The molecule has 0 rings (SSSR count). The topological polar surface area (TPSA) is 12.4 Å². The predicted molar refractivity (Wildman–Crippen MR) is 52.0 cm³/mol. The Balaban J connectivity index is 3.68. The van der Waals surface area contributed by atoms with E-state index in [-0.39, 0.29) is 0 Å². The maximum atomic E-state index is 11.5.